The normalized spacial score (nSPS) is 10.4. The minimum Gasteiger partial charge on any atom is -0.507 e. The third kappa shape index (κ3) is 1.28. The molecule has 0 saturated carbocycles. The Morgan fingerprint density at radius 1 is 1.21 bits per heavy atom. The monoisotopic (exact) mass is 208 g/mol. The summed E-state index contributed by atoms with van der Waals surface area (Å²) in [4.78, 5) is 0. The lowest BCUT2D eigenvalue weighted by atomic mass is 10.1. The Morgan fingerprint density at radius 3 is 2.71 bits per heavy atom. The van der Waals surface area contributed by atoms with Crippen molar-refractivity contribution in [3.8, 4) is 11.5 Å². The van der Waals surface area contributed by atoms with Crippen LogP contribution < -0.4 is 4.74 Å². The molecule has 1 N–H and O–H groups in total. The van der Waals surface area contributed by atoms with Gasteiger partial charge in [0.25, 0.3) is 0 Å². The van der Waals surface area contributed by atoms with E-state index in [0.717, 1.165) is 5.39 Å². The van der Waals surface area contributed by atoms with Crippen molar-refractivity contribution >= 4 is 22.4 Å². The number of hydrogen-bond donors (Lipinski definition) is 1. The van der Waals surface area contributed by atoms with Crippen LogP contribution in [0.3, 0.4) is 0 Å². The van der Waals surface area contributed by atoms with Gasteiger partial charge in [-0.15, -0.1) is 0 Å². The van der Waals surface area contributed by atoms with Crippen LogP contribution in [0.1, 0.15) is 0 Å². The predicted molar refractivity (Wildman–Crippen MR) is 57.2 cm³/mol. The summed E-state index contributed by atoms with van der Waals surface area (Å²) in [6, 6.07) is 8.66. The summed E-state index contributed by atoms with van der Waals surface area (Å²) in [6.07, 6.45) is 0. The first-order valence-electron chi connectivity index (χ1n) is 4.18. The Morgan fingerprint density at radius 2 is 2.00 bits per heavy atom. The Balaban J connectivity index is 2.92. The van der Waals surface area contributed by atoms with Crippen LogP contribution in [0.2, 0.25) is 5.02 Å². The van der Waals surface area contributed by atoms with E-state index in [0.29, 0.717) is 16.2 Å². The van der Waals surface area contributed by atoms with Gasteiger partial charge < -0.3 is 9.84 Å². The Hall–Kier alpha value is -1.41. The van der Waals surface area contributed by atoms with E-state index >= 15 is 0 Å². The Bertz CT molecular complexity index is 480. The van der Waals surface area contributed by atoms with E-state index in [2.05, 4.69) is 0 Å². The lowest BCUT2D eigenvalue weighted by molar-refractivity contribution is 0.419. The molecule has 14 heavy (non-hydrogen) atoms. The second-order valence-electron chi connectivity index (χ2n) is 2.95. The van der Waals surface area contributed by atoms with E-state index in [1.807, 2.05) is 12.1 Å². The molecule has 0 spiro atoms. The van der Waals surface area contributed by atoms with Gasteiger partial charge in [0.1, 0.15) is 11.5 Å². The molecule has 3 heteroatoms. The van der Waals surface area contributed by atoms with Crippen LogP contribution >= 0.6 is 11.6 Å². The highest BCUT2D eigenvalue weighted by Crippen LogP contribution is 2.36. The van der Waals surface area contributed by atoms with Crippen LogP contribution in [0, 0.1) is 0 Å². The van der Waals surface area contributed by atoms with Crippen molar-refractivity contribution in [2.45, 2.75) is 0 Å². The van der Waals surface area contributed by atoms with Crippen LogP contribution in [0.15, 0.2) is 30.3 Å². The zero-order valence-electron chi connectivity index (χ0n) is 7.62. The SMILES string of the molecule is COc1cccc2c(O)ccc(Cl)c12. The molecule has 0 bridgehead atoms. The Kier molecular flexibility index (Phi) is 2.22. The zero-order chi connectivity index (χ0) is 10.1. The average molecular weight is 209 g/mol. The molecule has 2 nitrogen and oxygen atoms in total. The molecule has 0 heterocycles. The maximum Gasteiger partial charge on any atom is 0.128 e. The average Bonchev–Trinajstić information content (AvgIpc) is 2.23. The molecule has 2 aromatic carbocycles. The molecule has 0 unspecified atom stereocenters. The van der Waals surface area contributed by atoms with Crippen molar-refractivity contribution in [3.63, 3.8) is 0 Å². The van der Waals surface area contributed by atoms with Gasteiger partial charge in [-0.3, -0.25) is 0 Å². The van der Waals surface area contributed by atoms with Gasteiger partial charge in [-0.2, -0.15) is 0 Å². The standard InChI is InChI=1S/C11H9ClO2/c1-14-10-4-2-3-7-9(13)6-5-8(12)11(7)10/h2-6,13H,1H3. The van der Waals surface area contributed by atoms with Gasteiger partial charge >= 0.3 is 0 Å². The van der Waals surface area contributed by atoms with Crippen molar-refractivity contribution in [2.24, 2.45) is 0 Å². The molecule has 0 aliphatic carbocycles. The van der Waals surface area contributed by atoms with E-state index < -0.39 is 0 Å². The molecule has 2 aromatic rings. The van der Waals surface area contributed by atoms with Crippen LogP contribution in [0.5, 0.6) is 11.5 Å². The number of rotatable bonds is 1. The molecular weight excluding hydrogens is 200 g/mol. The predicted octanol–water partition coefficient (Wildman–Crippen LogP) is 3.21. The molecule has 0 aromatic heterocycles. The molecule has 0 aliphatic rings. The molecule has 0 fully saturated rings. The third-order valence-corrected chi connectivity index (χ3v) is 2.46. The summed E-state index contributed by atoms with van der Waals surface area (Å²) < 4.78 is 5.17. The van der Waals surface area contributed by atoms with Crippen LogP contribution in [0.25, 0.3) is 10.8 Å². The maximum absolute atomic E-state index is 9.60. The van der Waals surface area contributed by atoms with Crippen molar-refractivity contribution in [2.75, 3.05) is 7.11 Å². The largest absolute Gasteiger partial charge is 0.507 e. The van der Waals surface area contributed by atoms with Crippen molar-refractivity contribution in [3.05, 3.63) is 35.4 Å². The number of methoxy groups -OCH3 is 1. The van der Waals surface area contributed by atoms with E-state index in [1.165, 1.54) is 0 Å². The minimum atomic E-state index is 0.211. The summed E-state index contributed by atoms with van der Waals surface area (Å²) in [6.45, 7) is 0. The number of phenolic OH excluding ortho intramolecular Hbond substituents is 1. The first kappa shape index (κ1) is 9.16. The third-order valence-electron chi connectivity index (χ3n) is 2.15. The van der Waals surface area contributed by atoms with E-state index in [-0.39, 0.29) is 5.75 Å². The second kappa shape index (κ2) is 3.39. The van der Waals surface area contributed by atoms with Crippen LogP contribution in [0.4, 0.5) is 0 Å². The summed E-state index contributed by atoms with van der Waals surface area (Å²) in [7, 11) is 1.58. The van der Waals surface area contributed by atoms with Gasteiger partial charge in [-0.1, -0.05) is 23.7 Å². The van der Waals surface area contributed by atoms with Crippen molar-refractivity contribution < 1.29 is 9.84 Å². The van der Waals surface area contributed by atoms with Crippen LogP contribution in [-0.2, 0) is 0 Å². The smallest absolute Gasteiger partial charge is 0.128 e. The van der Waals surface area contributed by atoms with Crippen molar-refractivity contribution in [1.82, 2.24) is 0 Å². The molecule has 2 rings (SSSR count). The topological polar surface area (TPSA) is 29.5 Å². The van der Waals surface area contributed by atoms with Gasteiger partial charge in [0, 0.05) is 10.8 Å². The second-order valence-corrected chi connectivity index (χ2v) is 3.36. The highest BCUT2D eigenvalue weighted by Gasteiger charge is 2.08. The first-order chi connectivity index (χ1) is 6.74. The number of benzene rings is 2. The first-order valence-corrected chi connectivity index (χ1v) is 4.56. The van der Waals surface area contributed by atoms with Crippen LogP contribution in [-0.4, -0.2) is 12.2 Å². The molecule has 0 saturated heterocycles. The number of halogens is 1. The number of aromatic hydroxyl groups is 1. The van der Waals surface area contributed by atoms with Crippen molar-refractivity contribution in [1.29, 1.82) is 0 Å². The molecular formula is C11H9ClO2. The maximum atomic E-state index is 9.60. The fourth-order valence-corrected chi connectivity index (χ4v) is 1.74. The van der Waals surface area contributed by atoms with Gasteiger partial charge in [0.2, 0.25) is 0 Å². The number of ether oxygens (including phenoxy) is 1. The highest BCUT2D eigenvalue weighted by molar-refractivity contribution is 6.36. The summed E-state index contributed by atoms with van der Waals surface area (Å²) in [5.41, 5.74) is 0. The fourth-order valence-electron chi connectivity index (χ4n) is 1.49. The molecule has 0 amide bonds. The lowest BCUT2D eigenvalue weighted by Gasteiger charge is -2.07. The summed E-state index contributed by atoms with van der Waals surface area (Å²) >= 11 is 6.02. The highest BCUT2D eigenvalue weighted by atomic mass is 35.5. The van der Waals surface area contributed by atoms with Gasteiger partial charge in [-0.05, 0) is 18.2 Å². The fraction of sp³-hybridized carbons (Fsp3) is 0.0909. The van der Waals surface area contributed by atoms with E-state index in [9.17, 15) is 5.11 Å². The minimum absolute atomic E-state index is 0.211. The van der Waals surface area contributed by atoms with E-state index in [4.69, 9.17) is 16.3 Å². The van der Waals surface area contributed by atoms with Gasteiger partial charge in [0.05, 0.1) is 12.1 Å². The number of fused-ring (bicyclic) bond motifs is 1. The van der Waals surface area contributed by atoms with Gasteiger partial charge in [-0.25, -0.2) is 0 Å². The van der Waals surface area contributed by atoms with E-state index in [1.54, 1.807) is 25.3 Å². The Labute approximate surface area is 86.7 Å². The zero-order valence-corrected chi connectivity index (χ0v) is 8.38. The van der Waals surface area contributed by atoms with Gasteiger partial charge in [0.15, 0.2) is 0 Å². The molecule has 0 atom stereocenters. The summed E-state index contributed by atoms with van der Waals surface area (Å²) in [5, 5.41) is 11.6. The number of hydrogen-bond acceptors (Lipinski definition) is 2. The molecule has 0 radical (unpaired) electrons. The summed E-state index contributed by atoms with van der Waals surface area (Å²) in [5.74, 6) is 0.881. The molecule has 0 aliphatic heterocycles. The quantitative estimate of drug-likeness (QED) is 0.780. The molecule has 72 valence electrons. The number of phenols is 1. The lowest BCUT2D eigenvalue weighted by Crippen LogP contribution is -1.85.